The van der Waals surface area contributed by atoms with Crippen molar-refractivity contribution in [3.63, 3.8) is 0 Å². The molecule has 5 nitrogen and oxygen atoms in total. The zero-order valence-electron chi connectivity index (χ0n) is 9.59. The minimum Gasteiger partial charge on any atom is -0.478 e. The van der Waals surface area contributed by atoms with Crippen LogP contribution >= 0.6 is 0 Å². The average Bonchev–Trinajstić information content (AvgIpc) is 2.17. The van der Waals surface area contributed by atoms with Crippen molar-refractivity contribution < 1.29 is 19.4 Å². The van der Waals surface area contributed by atoms with Crippen LogP contribution in [0, 0.1) is 0 Å². The van der Waals surface area contributed by atoms with Crippen LogP contribution in [0.15, 0.2) is 22.5 Å². The molecule has 1 heterocycles. The standard InChI is InChI=1S/C11H15NO4/c1-4-16-11(15)9-5-8(10(13)14)6(2)12-7(9)3/h12H,4-5H2,1-3H3,(H,13,14). The number of nitrogens with one attached hydrogen (secondary N) is 1. The van der Waals surface area contributed by atoms with Crippen LogP contribution in [0.5, 0.6) is 0 Å². The number of esters is 1. The molecule has 0 unspecified atom stereocenters. The van der Waals surface area contributed by atoms with Crippen molar-refractivity contribution in [2.24, 2.45) is 0 Å². The van der Waals surface area contributed by atoms with Gasteiger partial charge in [-0.25, -0.2) is 9.59 Å². The minimum atomic E-state index is -1.01. The molecular weight excluding hydrogens is 210 g/mol. The van der Waals surface area contributed by atoms with Crippen molar-refractivity contribution >= 4 is 11.9 Å². The molecule has 1 rings (SSSR count). The second-order valence-electron chi connectivity index (χ2n) is 3.53. The topological polar surface area (TPSA) is 75.6 Å². The fourth-order valence-electron chi connectivity index (χ4n) is 1.55. The molecule has 1 aliphatic rings. The van der Waals surface area contributed by atoms with Crippen molar-refractivity contribution in [3.05, 3.63) is 22.5 Å². The third-order valence-corrected chi connectivity index (χ3v) is 2.41. The molecule has 0 radical (unpaired) electrons. The van der Waals surface area contributed by atoms with Crippen LogP contribution in [0.1, 0.15) is 27.2 Å². The summed E-state index contributed by atoms with van der Waals surface area (Å²) in [5, 5.41) is 11.8. The average molecular weight is 225 g/mol. The van der Waals surface area contributed by atoms with Gasteiger partial charge < -0.3 is 15.2 Å². The highest BCUT2D eigenvalue weighted by Gasteiger charge is 2.25. The fourth-order valence-corrected chi connectivity index (χ4v) is 1.55. The van der Waals surface area contributed by atoms with E-state index in [0.29, 0.717) is 17.0 Å². The Labute approximate surface area is 93.8 Å². The summed E-state index contributed by atoms with van der Waals surface area (Å²) in [6.07, 6.45) is 0.110. The SMILES string of the molecule is CCOC(=O)C1=C(C)NC(C)=C(C(=O)O)C1. The maximum atomic E-state index is 11.5. The first-order valence-corrected chi connectivity index (χ1v) is 5.04. The van der Waals surface area contributed by atoms with Gasteiger partial charge in [-0.15, -0.1) is 0 Å². The number of carboxylic acids is 1. The first-order chi connectivity index (χ1) is 7.47. The Hall–Kier alpha value is -1.78. The number of carbonyl (C=O) groups is 2. The highest BCUT2D eigenvalue weighted by Crippen LogP contribution is 2.23. The normalized spacial score (nSPS) is 15.9. The van der Waals surface area contributed by atoms with E-state index in [1.54, 1.807) is 20.8 Å². The van der Waals surface area contributed by atoms with Gasteiger partial charge in [0.15, 0.2) is 0 Å². The fraction of sp³-hybridized carbons (Fsp3) is 0.455. The molecule has 0 aromatic heterocycles. The van der Waals surface area contributed by atoms with Crippen LogP contribution in [0.3, 0.4) is 0 Å². The number of hydrogen-bond donors (Lipinski definition) is 2. The molecule has 88 valence electrons. The molecule has 0 amide bonds. The Balaban J connectivity index is 2.93. The Bertz CT molecular complexity index is 393. The lowest BCUT2D eigenvalue weighted by atomic mass is 9.98. The van der Waals surface area contributed by atoms with Crippen LogP contribution in [-0.4, -0.2) is 23.7 Å². The second-order valence-corrected chi connectivity index (χ2v) is 3.53. The summed E-state index contributed by atoms with van der Waals surface area (Å²) >= 11 is 0. The Morgan fingerprint density at radius 2 is 1.88 bits per heavy atom. The Kier molecular flexibility index (Phi) is 3.71. The number of aliphatic carboxylic acids is 1. The summed E-state index contributed by atoms with van der Waals surface area (Å²) in [6, 6.07) is 0. The Morgan fingerprint density at radius 1 is 1.31 bits per heavy atom. The minimum absolute atomic E-state index is 0.110. The molecule has 0 bridgehead atoms. The van der Waals surface area contributed by atoms with Crippen LogP contribution in [0.4, 0.5) is 0 Å². The van der Waals surface area contributed by atoms with Gasteiger partial charge in [-0.3, -0.25) is 0 Å². The number of rotatable bonds is 3. The summed E-state index contributed by atoms with van der Waals surface area (Å²) in [7, 11) is 0. The predicted molar refractivity (Wildman–Crippen MR) is 57.4 cm³/mol. The number of ether oxygens (including phenoxy) is 1. The molecular formula is C11H15NO4. The summed E-state index contributed by atoms with van der Waals surface area (Å²) in [6.45, 7) is 5.40. The van der Waals surface area contributed by atoms with Gasteiger partial charge in [0.2, 0.25) is 0 Å². The number of carboxylic acid groups (broad SMARTS) is 1. The number of hydrogen-bond acceptors (Lipinski definition) is 4. The van der Waals surface area contributed by atoms with Crippen LogP contribution in [0.25, 0.3) is 0 Å². The van der Waals surface area contributed by atoms with Crippen LogP contribution in [-0.2, 0) is 14.3 Å². The maximum Gasteiger partial charge on any atom is 0.336 e. The molecule has 0 aromatic carbocycles. The summed E-state index contributed by atoms with van der Waals surface area (Å²) in [5.41, 5.74) is 1.80. The number of dihydropyridines is 1. The molecule has 5 heteroatoms. The molecule has 0 atom stereocenters. The van der Waals surface area contributed by atoms with Gasteiger partial charge in [0, 0.05) is 17.8 Å². The first-order valence-electron chi connectivity index (χ1n) is 5.04. The third-order valence-electron chi connectivity index (χ3n) is 2.41. The molecule has 0 aromatic rings. The van der Waals surface area contributed by atoms with Gasteiger partial charge in [0.1, 0.15) is 0 Å². The van der Waals surface area contributed by atoms with E-state index < -0.39 is 11.9 Å². The summed E-state index contributed by atoms with van der Waals surface area (Å²) in [4.78, 5) is 22.5. The highest BCUT2D eigenvalue weighted by atomic mass is 16.5. The van der Waals surface area contributed by atoms with Gasteiger partial charge in [-0.2, -0.15) is 0 Å². The lowest BCUT2D eigenvalue weighted by Gasteiger charge is -2.21. The molecule has 0 fully saturated rings. The molecule has 0 spiro atoms. The van der Waals surface area contributed by atoms with Gasteiger partial charge in [0.25, 0.3) is 0 Å². The van der Waals surface area contributed by atoms with E-state index in [-0.39, 0.29) is 18.6 Å². The second kappa shape index (κ2) is 4.83. The maximum absolute atomic E-state index is 11.5. The lowest BCUT2D eigenvalue weighted by Crippen LogP contribution is -2.25. The number of carbonyl (C=O) groups excluding carboxylic acids is 1. The highest BCUT2D eigenvalue weighted by molar-refractivity contribution is 5.95. The zero-order chi connectivity index (χ0) is 12.3. The molecule has 0 saturated heterocycles. The molecule has 0 saturated carbocycles. The molecule has 1 aliphatic heterocycles. The van der Waals surface area contributed by atoms with Gasteiger partial charge in [0.05, 0.1) is 17.8 Å². The van der Waals surface area contributed by atoms with Crippen LogP contribution in [0.2, 0.25) is 0 Å². The van der Waals surface area contributed by atoms with E-state index in [9.17, 15) is 9.59 Å². The van der Waals surface area contributed by atoms with Gasteiger partial charge in [-0.1, -0.05) is 0 Å². The summed E-state index contributed by atoms with van der Waals surface area (Å²) in [5.74, 6) is -1.47. The van der Waals surface area contributed by atoms with Crippen molar-refractivity contribution in [1.29, 1.82) is 0 Å². The molecule has 16 heavy (non-hydrogen) atoms. The van der Waals surface area contributed by atoms with Gasteiger partial charge >= 0.3 is 11.9 Å². The zero-order valence-corrected chi connectivity index (χ0v) is 9.59. The van der Waals surface area contributed by atoms with E-state index in [1.807, 2.05) is 0 Å². The van der Waals surface area contributed by atoms with E-state index in [4.69, 9.17) is 9.84 Å². The van der Waals surface area contributed by atoms with E-state index in [2.05, 4.69) is 5.32 Å². The van der Waals surface area contributed by atoms with Gasteiger partial charge in [-0.05, 0) is 20.8 Å². The smallest absolute Gasteiger partial charge is 0.336 e. The quantitative estimate of drug-likeness (QED) is 0.705. The Morgan fingerprint density at radius 3 is 2.38 bits per heavy atom. The van der Waals surface area contributed by atoms with Crippen molar-refractivity contribution in [3.8, 4) is 0 Å². The van der Waals surface area contributed by atoms with Crippen molar-refractivity contribution in [2.75, 3.05) is 6.61 Å². The van der Waals surface area contributed by atoms with E-state index in [1.165, 1.54) is 0 Å². The largest absolute Gasteiger partial charge is 0.478 e. The molecule has 2 N–H and O–H groups in total. The predicted octanol–water partition coefficient (Wildman–Crippen LogP) is 1.18. The third kappa shape index (κ3) is 2.42. The number of allylic oxidation sites excluding steroid dienone is 2. The van der Waals surface area contributed by atoms with Crippen molar-refractivity contribution in [2.45, 2.75) is 27.2 Å². The molecule has 0 aliphatic carbocycles. The van der Waals surface area contributed by atoms with E-state index in [0.717, 1.165) is 0 Å². The van der Waals surface area contributed by atoms with Crippen molar-refractivity contribution in [1.82, 2.24) is 5.32 Å². The first kappa shape index (κ1) is 12.3. The summed E-state index contributed by atoms with van der Waals surface area (Å²) < 4.78 is 4.86. The van der Waals surface area contributed by atoms with Crippen LogP contribution < -0.4 is 5.32 Å². The lowest BCUT2D eigenvalue weighted by molar-refractivity contribution is -0.138. The monoisotopic (exact) mass is 225 g/mol. The van der Waals surface area contributed by atoms with E-state index >= 15 is 0 Å².